The van der Waals surface area contributed by atoms with Gasteiger partial charge in [0, 0.05) is 26.2 Å². The molecule has 1 saturated heterocycles. The van der Waals surface area contributed by atoms with E-state index in [1.807, 2.05) is 24.3 Å². The second-order valence-electron chi connectivity index (χ2n) is 5.32. The summed E-state index contributed by atoms with van der Waals surface area (Å²) in [7, 11) is 0. The SMILES string of the molecule is C=CCNC(N)=NCc1cccc(OCCN2CCOCC2)c1.I. The highest BCUT2D eigenvalue weighted by Gasteiger charge is 2.09. The maximum absolute atomic E-state index is 5.83. The van der Waals surface area contributed by atoms with Crippen LogP contribution in [0.25, 0.3) is 0 Å². The summed E-state index contributed by atoms with van der Waals surface area (Å²) in [5.41, 5.74) is 6.82. The Kier molecular flexibility index (Phi) is 10.4. The van der Waals surface area contributed by atoms with Crippen molar-refractivity contribution in [1.82, 2.24) is 10.2 Å². The van der Waals surface area contributed by atoms with Crippen molar-refractivity contribution < 1.29 is 9.47 Å². The number of benzene rings is 1. The fourth-order valence-electron chi connectivity index (χ4n) is 2.26. The molecule has 0 atom stereocenters. The lowest BCUT2D eigenvalue weighted by atomic mass is 10.2. The van der Waals surface area contributed by atoms with E-state index in [-0.39, 0.29) is 24.0 Å². The molecule has 1 aromatic rings. The molecule has 134 valence electrons. The normalized spacial score (nSPS) is 15.4. The molecule has 0 spiro atoms. The van der Waals surface area contributed by atoms with Crippen molar-refractivity contribution in [3.63, 3.8) is 0 Å². The third kappa shape index (κ3) is 7.98. The van der Waals surface area contributed by atoms with Gasteiger partial charge in [-0.25, -0.2) is 4.99 Å². The van der Waals surface area contributed by atoms with Crippen LogP contribution in [0.15, 0.2) is 41.9 Å². The van der Waals surface area contributed by atoms with E-state index < -0.39 is 0 Å². The molecule has 0 aliphatic carbocycles. The predicted molar refractivity (Wildman–Crippen MR) is 108 cm³/mol. The standard InChI is InChI=1S/C17H26N4O2.HI/c1-2-6-19-17(18)20-14-15-4-3-5-16(13-15)23-12-9-21-7-10-22-11-8-21;/h2-5,13H,1,6-12,14H2,(H3,18,19,20);1H. The number of halogens is 1. The van der Waals surface area contributed by atoms with Crippen molar-refractivity contribution in [2.24, 2.45) is 10.7 Å². The number of ether oxygens (including phenoxy) is 2. The molecule has 7 heteroatoms. The van der Waals surface area contributed by atoms with Crippen molar-refractivity contribution in [2.75, 3.05) is 46.0 Å². The summed E-state index contributed by atoms with van der Waals surface area (Å²) < 4.78 is 11.2. The molecular formula is C17H27IN4O2. The van der Waals surface area contributed by atoms with Crippen LogP contribution in [0.2, 0.25) is 0 Å². The molecule has 6 nitrogen and oxygen atoms in total. The quantitative estimate of drug-likeness (QED) is 0.275. The van der Waals surface area contributed by atoms with Crippen LogP contribution in [0.3, 0.4) is 0 Å². The minimum absolute atomic E-state index is 0. The fraction of sp³-hybridized carbons (Fsp3) is 0.471. The summed E-state index contributed by atoms with van der Waals surface area (Å²) in [4.78, 5) is 6.64. The first-order chi connectivity index (χ1) is 11.3. The Balaban J connectivity index is 0.00000288. The third-order valence-electron chi connectivity index (χ3n) is 3.54. The van der Waals surface area contributed by atoms with Crippen molar-refractivity contribution in [3.05, 3.63) is 42.5 Å². The topological polar surface area (TPSA) is 72.1 Å². The van der Waals surface area contributed by atoms with E-state index in [2.05, 4.69) is 21.8 Å². The molecule has 0 saturated carbocycles. The molecule has 2 rings (SSSR count). The fourth-order valence-corrected chi connectivity index (χ4v) is 2.26. The van der Waals surface area contributed by atoms with Crippen LogP contribution in [0.5, 0.6) is 5.75 Å². The Morgan fingerprint density at radius 2 is 2.21 bits per heavy atom. The van der Waals surface area contributed by atoms with Gasteiger partial charge in [-0.2, -0.15) is 0 Å². The molecular weight excluding hydrogens is 419 g/mol. The van der Waals surface area contributed by atoms with Crippen molar-refractivity contribution >= 4 is 29.9 Å². The van der Waals surface area contributed by atoms with E-state index in [9.17, 15) is 0 Å². The zero-order chi connectivity index (χ0) is 16.3. The summed E-state index contributed by atoms with van der Waals surface area (Å²) in [6, 6.07) is 7.96. The van der Waals surface area contributed by atoms with Gasteiger partial charge in [0.2, 0.25) is 0 Å². The van der Waals surface area contributed by atoms with Gasteiger partial charge >= 0.3 is 0 Å². The summed E-state index contributed by atoms with van der Waals surface area (Å²) in [6.07, 6.45) is 1.74. The summed E-state index contributed by atoms with van der Waals surface area (Å²) in [5.74, 6) is 1.28. The minimum Gasteiger partial charge on any atom is -0.492 e. The van der Waals surface area contributed by atoms with Crippen LogP contribution >= 0.6 is 24.0 Å². The van der Waals surface area contributed by atoms with Gasteiger partial charge in [0.1, 0.15) is 12.4 Å². The van der Waals surface area contributed by atoms with Gasteiger partial charge in [0.05, 0.1) is 19.8 Å². The summed E-state index contributed by atoms with van der Waals surface area (Å²) >= 11 is 0. The van der Waals surface area contributed by atoms with E-state index in [0.717, 1.165) is 44.2 Å². The maximum atomic E-state index is 5.83. The Labute approximate surface area is 161 Å². The Bertz CT molecular complexity index is 519. The van der Waals surface area contributed by atoms with E-state index in [1.54, 1.807) is 6.08 Å². The number of morpholine rings is 1. The first-order valence-electron chi connectivity index (χ1n) is 7.94. The van der Waals surface area contributed by atoms with Crippen LogP contribution in [0.1, 0.15) is 5.56 Å². The van der Waals surface area contributed by atoms with Crippen LogP contribution in [-0.4, -0.2) is 56.9 Å². The molecule has 0 radical (unpaired) electrons. The van der Waals surface area contributed by atoms with E-state index in [0.29, 0.717) is 25.7 Å². The van der Waals surface area contributed by atoms with Gasteiger partial charge < -0.3 is 20.5 Å². The molecule has 3 N–H and O–H groups in total. The molecule has 0 aromatic heterocycles. The number of hydrogen-bond acceptors (Lipinski definition) is 4. The summed E-state index contributed by atoms with van der Waals surface area (Å²) in [6.45, 7) is 9.95. The van der Waals surface area contributed by atoms with E-state index >= 15 is 0 Å². The number of hydrogen-bond donors (Lipinski definition) is 2. The Morgan fingerprint density at radius 1 is 1.42 bits per heavy atom. The van der Waals surface area contributed by atoms with Crippen LogP contribution < -0.4 is 15.8 Å². The average molecular weight is 446 g/mol. The van der Waals surface area contributed by atoms with Gasteiger partial charge in [0.25, 0.3) is 0 Å². The highest BCUT2D eigenvalue weighted by molar-refractivity contribution is 14.0. The number of aliphatic imine (C=N–C) groups is 1. The van der Waals surface area contributed by atoms with Crippen LogP contribution in [0.4, 0.5) is 0 Å². The lowest BCUT2D eigenvalue weighted by Gasteiger charge is -2.26. The second kappa shape index (κ2) is 12.1. The smallest absolute Gasteiger partial charge is 0.189 e. The number of rotatable bonds is 8. The number of nitrogens with two attached hydrogens (primary N) is 1. The number of nitrogens with zero attached hydrogens (tertiary/aromatic N) is 2. The number of nitrogens with one attached hydrogen (secondary N) is 1. The molecule has 1 heterocycles. The molecule has 1 fully saturated rings. The lowest BCUT2D eigenvalue weighted by molar-refractivity contribution is 0.0322. The highest BCUT2D eigenvalue weighted by Crippen LogP contribution is 2.14. The first-order valence-corrected chi connectivity index (χ1v) is 7.94. The van der Waals surface area contributed by atoms with E-state index in [4.69, 9.17) is 15.2 Å². The molecule has 24 heavy (non-hydrogen) atoms. The van der Waals surface area contributed by atoms with Crippen molar-refractivity contribution in [1.29, 1.82) is 0 Å². The van der Waals surface area contributed by atoms with Crippen LogP contribution in [-0.2, 0) is 11.3 Å². The average Bonchev–Trinajstić information content (AvgIpc) is 2.59. The largest absolute Gasteiger partial charge is 0.492 e. The van der Waals surface area contributed by atoms with Gasteiger partial charge in [-0.3, -0.25) is 4.90 Å². The minimum atomic E-state index is 0. The Hall–Kier alpha value is -1.32. The maximum Gasteiger partial charge on any atom is 0.189 e. The van der Waals surface area contributed by atoms with E-state index in [1.165, 1.54) is 0 Å². The predicted octanol–water partition coefficient (Wildman–Crippen LogP) is 1.61. The molecule has 1 aliphatic rings. The third-order valence-corrected chi connectivity index (χ3v) is 3.54. The highest BCUT2D eigenvalue weighted by atomic mass is 127. The van der Waals surface area contributed by atoms with Gasteiger partial charge in [-0.15, -0.1) is 30.6 Å². The van der Waals surface area contributed by atoms with Crippen molar-refractivity contribution in [3.8, 4) is 5.75 Å². The zero-order valence-corrected chi connectivity index (χ0v) is 16.3. The number of guanidine groups is 1. The Morgan fingerprint density at radius 3 is 2.96 bits per heavy atom. The molecule has 0 amide bonds. The summed E-state index contributed by atoms with van der Waals surface area (Å²) in [5, 5.41) is 2.95. The van der Waals surface area contributed by atoms with Crippen LogP contribution in [0, 0.1) is 0 Å². The lowest BCUT2D eigenvalue weighted by Crippen LogP contribution is -2.38. The molecule has 1 aliphatic heterocycles. The van der Waals surface area contributed by atoms with Crippen molar-refractivity contribution in [2.45, 2.75) is 6.54 Å². The zero-order valence-electron chi connectivity index (χ0n) is 13.9. The monoisotopic (exact) mass is 446 g/mol. The molecule has 0 bridgehead atoms. The van der Waals surface area contributed by atoms with Gasteiger partial charge in [0.15, 0.2) is 5.96 Å². The van der Waals surface area contributed by atoms with Gasteiger partial charge in [-0.05, 0) is 17.7 Å². The molecule has 0 unspecified atom stereocenters. The first kappa shape index (κ1) is 20.7. The second-order valence-corrected chi connectivity index (χ2v) is 5.32. The molecule has 1 aromatic carbocycles. The van der Waals surface area contributed by atoms with Gasteiger partial charge in [-0.1, -0.05) is 18.2 Å².